The van der Waals surface area contributed by atoms with Crippen LogP contribution in [0.2, 0.25) is 0 Å². The van der Waals surface area contributed by atoms with Crippen LogP contribution >= 0.6 is 0 Å². The van der Waals surface area contributed by atoms with E-state index in [0.717, 1.165) is 5.56 Å². The number of hydrogen-bond donors (Lipinski definition) is 4. The molecule has 172 valence electrons. The molecule has 9 nitrogen and oxygen atoms in total. The third kappa shape index (κ3) is 11.0. The van der Waals surface area contributed by atoms with Crippen molar-refractivity contribution in [3.05, 3.63) is 29.8 Å². The van der Waals surface area contributed by atoms with Crippen LogP contribution in [-0.2, 0) is 25.7 Å². The summed E-state index contributed by atoms with van der Waals surface area (Å²) < 4.78 is 5.18. The fourth-order valence-electron chi connectivity index (χ4n) is 2.65. The second kappa shape index (κ2) is 13.3. The number of ether oxygens (including phenoxy) is 1. The Bertz CT molecular complexity index is 747. The van der Waals surface area contributed by atoms with E-state index in [2.05, 4.69) is 16.0 Å². The van der Waals surface area contributed by atoms with Gasteiger partial charge in [-0.3, -0.25) is 14.4 Å². The molecule has 1 unspecified atom stereocenters. The normalized spacial score (nSPS) is 11.7. The maximum Gasteiger partial charge on any atom is 0.312 e. The maximum absolute atomic E-state index is 12.7. The van der Waals surface area contributed by atoms with E-state index in [4.69, 9.17) is 10.5 Å². The minimum atomic E-state index is -0.743. The Morgan fingerprint density at radius 2 is 1.68 bits per heavy atom. The molecule has 1 rings (SSSR count). The molecule has 0 saturated heterocycles. The molecule has 1 atom stereocenters. The standard InChI is InChI=1S/C22H34N4O5/c1-14(2)12-19(27)26-18(6-5-11-24-22(23)30)20(28)25-17-9-7-16(8-10-17)13-31-21(29)15(3)4/h7-10,14-15,18H,5-6,11-13H2,1-4H3,(H,25,28)(H,26,27)(H3,23,24,30). The lowest BCUT2D eigenvalue weighted by Gasteiger charge is -2.19. The first-order valence-corrected chi connectivity index (χ1v) is 10.5. The molecule has 0 bridgehead atoms. The molecular weight excluding hydrogens is 400 g/mol. The number of amides is 4. The van der Waals surface area contributed by atoms with E-state index in [-0.39, 0.29) is 36.2 Å². The number of rotatable bonds is 12. The topological polar surface area (TPSA) is 140 Å². The first kappa shape index (κ1) is 25.9. The Labute approximate surface area is 183 Å². The Kier molecular flexibility index (Phi) is 11.1. The third-order valence-electron chi connectivity index (χ3n) is 4.29. The van der Waals surface area contributed by atoms with Crippen LogP contribution in [0.15, 0.2) is 24.3 Å². The molecule has 0 spiro atoms. The fraction of sp³-hybridized carbons (Fsp3) is 0.545. The van der Waals surface area contributed by atoms with Gasteiger partial charge in [-0.2, -0.15) is 0 Å². The number of hydrogen-bond acceptors (Lipinski definition) is 5. The highest BCUT2D eigenvalue weighted by molar-refractivity contribution is 5.97. The molecule has 1 aromatic carbocycles. The van der Waals surface area contributed by atoms with Gasteiger partial charge in [-0.1, -0.05) is 39.8 Å². The lowest BCUT2D eigenvalue weighted by Crippen LogP contribution is -2.44. The SMILES string of the molecule is CC(C)CC(=O)NC(CCCNC(N)=O)C(=O)Nc1ccc(COC(=O)C(C)C)cc1. The average molecular weight is 435 g/mol. The molecule has 0 heterocycles. The van der Waals surface area contributed by atoms with Crippen molar-refractivity contribution in [3.63, 3.8) is 0 Å². The molecule has 31 heavy (non-hydrogen) atoms. The Balaban J connectivity index is 2.69. The summed E-state index contributed by atoms with van der Waals surface area (Å²) in [5.41, 5.74) is 6.40. The fourth-order valence-corrected chi connectivity index (χ4v) is 2.65. The number of nitrogens with two attached hydrogens (primary N) is 1. The summed E-state index contributed by atoms with van der Waals surface area (Å²) >= 11 is 0. The quantitative estimate of drug-likeness (QED) is 0.295. The first-order chi connectivity index (χ1) is 14.6. The van der Waals surface area contributed by atoms with Gasteiger partial charge in [-0.15, -0.1) is 0 Å². The number of urea groups is 1. The van der Waals surface area contributed by atoms with Gasteiger partial charge in [0, 0.05) is 18.7 Å². The second-order valence-electron chi connectivity index (χ2n) is 8.10. The van der Waals surface area contributed by atoms with Gasteiger partial charge in [0.25, 0.3) is 0 Å². The van der Waals surface area contributed by atoms with Crippen LogP contribution in [0.4, 0.5) is 10.5 Å². The van der Waals surface area contributed by atoms with Crippen LogP contribution in [0.5, 0.6) is 0 Å². The minimum Gasteiger partial charge on any atom is -0.461 e. The minimum absolute atomic E-state index is 0.159. The van der Waals surface area contributed by atoms with E-state index >= 15 is 0 Å². The molecule has 0 saturated carbocycles. The highest BCUT2D eigenvalue weighted by Gasteiger charge is 2.21. The first-order valence-electron chi connectivity index (χ1n) is 10.5. The van der Waals surface area contributed by atoms with Crippen molar-refractivity contribution in [2.75, 3.05) is 11.9 Å². The molecule has 5 N–H and O–H groups in total. The summed E-state index contributed by atoms with van der Waals surface area (Å²) in [6.45, 7) is 7.84. The predicted octanol–water partition coefficient (Wildman–Crippen LogP) is 2.30. The molecule has 4 amide bonds. The van der Waals surface area contributed by atoms with Crippen molar-refractivity contribution in [2.24, 2.45) is 17.6 Å². The molecule has 0 aromatic heterocycles. The van der Waals surface area contributed by atoms with E-state index in [1.807, 2.05) is 13.8 Å². The van der Waals surface area contributed by atoms with Gasteiger partial charge in [0.15, 0.2) is 0 Å². The number of primary amides is 1. The largest absolute Gasteiger partial charge is 0.461 e. The Morgan fingerprint density at radius 3 is 2.23 bits per heavy atom. The van der Waals surface area contributed by atoms with Crippen LogP contribution in [0.1, 0.15) is 52.5 Å². The van der Waals surface area contributed by atoms with Gasteiger partial charge in [0.1, 0.15) is 12.6 Å². The van der Waals surface area contributed by atoms with E-state index in [1.165, 1.54) is 0 Å². The zero-order valence-corrected chi connectivity index (χ0v) is 18.7. The summed E-state index contributed by atoms with van der Waals surface area (Å²) in [4.78, 5) is 47.2. The summed E-state index contributed by atoms with van der Waals surface area (Å²) in [6, 6.07) is 5.55. The van der Waals surface area contributed by atoms with Crippen molar-refractivity contribution < 1.29 is 23.9 Å². The summed E-state index contributed by atoms with van der Waals surface area (Å²) in [7, 11) is 0. The second-order valence-corrected chi connectivity index (χ2v) is 8.10. The molecule has 1 aromatic rings. The lowest BCUT2D eigenvalue weighted by atomic mass is 10.1. The molecule has 0 fully saturated rings. The summed E-state index contributed by atoms with van der Waals surface area (Å²) in [5.74, 6) is -0.865. The van der Waals surface area contributed by atoms with Crippen LogP contribution in [0.25, 0.3) is 0 Å². The maximum atomic E-state index is 12.7. The van der Waals surface area contributed by atoms with E-state index < -0.39 is 12.1 Å². The Hall–Kier alpha value is -3.10. The lowest BCUT2D eigenvalue weighted by molar-refractivity contribution is -0.148. The summed E-state index contributed by atoms with van der Waals surface area (Å²) in [5, 5.41) is 8.01. The zero-order chi connectivity index (χ0) is 23.4. The van der Waals surface area contributed by atoms with Crippen LogP contribution in [0.3, 0.4) is 0 Å². The van der Waals surface area contributed by atoms with Gasteiger partial charge in [-0.25, -0.2) is 4.79 Å². The molecule has 0 aliphatic heterocycles. The van der Waals surface area contributed by atoms with Crippen molar-refractivity contribution in [1.29, 1.82) is 0 Å². The van der Waals surface area contributed by atoms with Gasteiger partial charge in [0.05, 0.1) is 5.92 Å². The zero-order valence-electron chi connectivity index (χ0n) is 18.7. The third-order valence-corrected chi connectivity index (χ3v) is 4.29. The van der Waals surface area contributed by atoms with Gasteiger partial charge in [0.2, 0.25) is 11.8 Å². The van der Waals surface area contributed by atoms with E-state index in [1.54, 1.807) is 38.1 Å². The smallest absolute Gasteiger partial charge is 0.312 e. The highest BCUT2D eigenvalue weighted by Crippen LogP contribution is 2.13. The monoisotopic (exact) mass is 434 g/mol. The molecule has 0 aliphatic carbocycles. The number of anilines is 1. The number of carbonyl (C=O) groups excluding carboxylic acids is 4. The number of esters is 1. The van der Waals surface area contributed by atoms with Crippen molar-refractivity contribution in [2.45, 2.75) is 59.6 Å². The number of nitrogens with one attached hydrogen (secondary N) is 3. The van der Waals surface area contributed by atoms with E-state index in [9.17, 15) is 19.2 Å². The van der Waals surface area contributed by atoms with E-state index in [0.29, 0.717) is 31.5 Å². The molecule has 9 heteroatoms. The van der Waals surface area contributed by atoms with Gasteiger partial charge >= 0.3 is 12.0 Å². The number of benzene rings is 1. The van der Waals surface area contributed by atoms with Gasteiger partial charge in [-0.05, 0) is 36.5 Å². The molecular formula is C22H34N4O5. The van der Waals surface area contributed by atoms with Crippen LogP contribution < -0.4 is 21.7 Å². The van der Waals surface area contributed by atoms with Crippen molar-refractivity contribution >= 4 is 29.5 Å². The summed E-state index contributed by atoms with van der Waals surface area (Å²) in [6.07, 6.45) is 1.13. The molecule has 0 aliphatic rings. The molecule has 0 radical (unpaired) electrons. The predicted molar refractivity (Wildman–Crippen MR) is 118 cm³/mol. The van der Waals surface area contributed by atoms with Crippen molar-refractivity contribution in [1.82, 2.24) is 10.6 Å². The van der Waals surface area contributed by atoms with Gasteiger partial charge < -0.3 is 26.4 Å². The van der Waals surface area contributed by atoms with Crippen molar-refractivity contribution in [3.8, 4) is 0 Å². The Morgan fingerprint density at radius 1 is 1.03 bits per heavy atom. The number of carbonyl (C=O) groups is 4. The average Bonchev–Trinajstić information content (AvgIpc) is 2.68. The van der Waals surface area contributed by atoms with Crippen LogP contribution in [0, 0.1) is 11.8 Å². The van der Waals surface area contributed by atoms with Crippen LogP contribution in [-0.4, -0.2) is 36.4 Å². The highest BCUT2D eigenvalue weighted by atomic mass is 16.5.